The third kappa shape index (κ3) is 3.16. The molecule has 0 aliphatic rings. The SMILES string of the molecule is Cn1c(=O)oc2cc(S(=O)(=O)NNC(=O)c3ccccc3F)ccc21. The van der Waals surface area contributed by atoms with Gasteiger partial charge in [0.15, 0.2) is 5.58 Å². The number of aromatic nitrogens is 1. The molecule has 1 heterocycles. The first-order valence-corrected chi connectivity index (χ1v) is 8.44. The molecule has 25 heavy (non-hydrogen) atoms. The molecule has 0 unspecified atom stereocenters. The second kappa shape index (κ2) is 6.15. The Hall–Kier alpha value is -2.98. The Bertz CT molecular complexity index is 1130. The Kier molecular flexibility index (Phi) is 4.15. The van der Waals surface area contributed by atoms with Crippen LogP contribution in [0.3, 0.4) is 0 Å². The summed E-state index contributed by atoms with van der Waals surface area (Å²) in [5.74, 6) is -2.37. The number of carbonyl (C=O) groups excluding carboxylic acids is 1. The highest BCUT2D eigenvalue weighted by Gasteiger charge is 2.19. The second-order valence-electron chi connectivity index (χ2n) is 5.10. The van der Waals surface area contributed by atoms with E-state index in [2.05, 4.69) is 0 Å². The Labute approximate surface area is 140 Å². The van der Waals surface area contributed by atoms with Gasteiger partial charge in [0.25, 0.3) is 15.9 Å². The van der Waals surface area contributed by atoms with Gasteiger partial charge in [-0.2, -0.15) is 0 Å². The van der Waals surface area contributed by atoms with Crippen LogP contribution in [0.25, 0.3) is 11.1 Å². The minimum atomic E-state index is -4.15. The highest BCUT2D eigenvalue weighted by molar-refractivity contribution is 7.89. The maximum atomic E-state index is 13.5. The van der Waals surface area contributed by atoms with E-state index in [0.717, 1.165) is 12.1 Å². The lowest BCUT2D eigenvalue weighted by molar-refractivity contribution is 0.0941. The van der Waals surface area contributed by atoms with Crippen LogP contribution in [0.15, 0.2) is 56.6 Å². The fourth-order valence-electron chi connectivity index (χ4n) is 2.17. The topological polar surface area (TPSA) is 110 Å². The van der Waals surface area contributed by atoms with Gasteiger partial charge in [-0.25, -0.2) is 17.6 Å². The Balaban J connectivity index is 1.83. The van der Waals surface area contributed by atoms with Crippen molar-refractivity contribution < 1.29 is 22.0 Å². The average molecular weight is 365 g/mol. The van der Waals surface area contributed by atoms with Gasteiger partial charge >= 0.3 is 5.76 Å². The van der Waals surface area contributed by atoms with Crippen LogP contribution in [-0.4, -0.2) is 18.9 Å². The lowest BCUT2D eigenvalue weighted by atomic mass is 10.2. The molecule has 0 atom stereocenters. The van der Waals surface area contributed by atoms with Crippen LogP contribution in [0.2, 0.25) is 0 Å². The van der Waals surface area contributed by atoms with E-state index in [4.69, 9.17) is 4.42 Å². The van der Waals surface area contributed by atoms with Gasteiger partial charge in [-0.05, 0) is 24.3 Å². The summed E-state index contributed by atoms with van der Waals surface area (Å²) in [5, 5.41) is 0. The largest absolute Gasteiger partial charge is 0.419 e. The summed E-state index contributed by atoms with van der Waals surface area (Å²) in [7, 11) is -2.67. The first kappa shape index (κ1) is 16.9. The van der Waals surface area contributed by atoms with Gasteiger partial charge in [-0.1, -0.05) is 12.1 Å². The van der Waals surface area contributed by atoms with Crippen LogP contribution in [0, 0.1) is 5.82 Å². The molecule has 10 heteroatoms. The Morgan fingerprint density at radius 3 is 2.64 bits per heavy atom. The van der Waals surface area contributed by atoms with Gasteiger partial charge < -0.3 is 4.42 Å². The van der Waals surface area contributed by atoms with Crippen LogP contribution in [0.1, 0.15) is 10.4 Å². The van der Waals surface area contributed by atoms with Crippen molar-refractivity contribution in [3.8, 4) is 0 Å². The van der Waals surface area contributed by atoms with Crippen LogP contribution < -0.4 is 16.0 Å². The molecule has 8 nitrogen and oxygen atoms in total. The molecule has 0 bridgehead atoms. The molecule has 2 aromatic carbocycles. The first-order chi connectivity index (χ1) is 11.8. The third-order valence-corrected chi connectivity index (χ3v) is 4.74. The third-order valence-electron chi connectivity index (χ3n) is 3.49. The molecule has 0 aliphatic heterocycles. The predicted octanol–water partition coefficient (Wildman–Crippen LogP) is 0.894. The predicted molar refractivity (Wildman–Crippen MR) is 85.6 cm³/mol. The van der Waals surface area contributed by atoms with E-state index in [9.17, 15) is 22.4 Å². The number of fused-ring (bicyclic) bond motifs is 1. The van der Waals surface area contributed by atoms with Gasteiger partial charge in [-0.15, -0.1) is 4.83 Å². The van der Waals surface area contributed by atoms with Gasteiger partial charge in [-0.3, -0.25) is 14.8 Å². The van der Waals surface area contributed by atoms with Crippen molar-refractivity contribution in [2.45, 2.75) is 4.90 Å². The van der Waals surface area contributed by atoms with Gasteiger partial charge in [0.05, 0.1) is 16.0 Å². The summed E-state index contributed by atoms with van der Waals surface area (Å²) >= 11 is 0. The number of hydrogen-bond donors (Lipinski definition) is 2. The standard InChI is InChI=1S/C15H12FN3O5S/c1-19-12-7-6-9(8-13(12)24-15(19)21)25(22,23)18-17-14(20)10-4-2-3-5-11(10)16/h2-8,18H,1H3,(H,17,20). The molecular weight excluding hydrogens is 353 g/mol. The lowest BCUT2D eigenvalue weighted by Gasteiger charge is -2.09. The molecule has 0 radical (unpaired) electrons. The zero-order valence-corrected chi connectivity index (χ0v) is 13.6. The van der Waals surface area contributed by atoms with Crippen LogP contribution in [-0.2, 0) is 17.1 Å². The van der Waals surface area contributed by atoms with E-state index in [1.165, 1.54) is 41.9 Å². The number of hydrazine groups is 1. The summed E-state index contributed by atoms with van der Waals surface area (Å²) < 4.78 is 44.1. The van der Waals surface area contributed by atoms with Crippen LogP contribution in [0.5, 0.6) is 0 Å². The summed E-state index contributed by atoms with van der Waals surface area (Å²) in [5.41, 5.74) is 2.11. The molecule has 1 amide bonds. The summed E-state index contributed by atoms with van der Waals surface area (Å²) in [6, 6.07) is 8.92. The molecule has 0 spiro atoms. The van der Waals surface area contributed by atoms with E-state index in [1.54, 1.807) is 0 Å². The fraction of sp³-hybridized carbons (Fsp3) is 0.0667. The molecule has 3 aromatic rings. The summed E-state index contributed by atoms with van der Waals surface area (Å²) in [6.07, 6.45) is 0. The van der Waals surface area contributed by atoms with Crippen LogP contribution in [0.4, 0.5) is 4.39 Å². The van der Waals surface area contributed by atoms with Crippen molar-refractivity contribution in [2.24, 2.45) is 7.05 Å². The summed E-state index contributed by atoms with van der Waals surface area (Å²) in [6.45, 7) is 0. The van der Waals surface area contributed by atoms with Crippen molar-refractivity contribution in [3.63, 3.8) is 0 Å². The van der Waals surface area contributed by atoms with E-state index >= 15 is 0 Å². The minimum Gasteiger partial charge on any atom is -0.408 e. The zero-order valence-electron chi connectivity index (χ0n) is 12.8. The maximum absolute atomic E-state index is 13.5. The van der Waals surface area contributed by atoms with Crippen molar-refractivity contribution in [2.75, 3.05) is 0 Å². The number of nitrogens with one attached hydrogen (secondary N) is 2. The Morgan fingerprint density at radius 2 is 1.92 bits per heavy atom. The normalized spacial score (nSPS) is 11.6. The summed E-state index contributed by atoms with van der Waals surface area (Å²) in [4.78, 5) is 24.9. The highest BCUT2D eigenvalue weighted by Crippen LogP contribution is 2.17. The number of halogens is 1. The molecule has 2 N–H and O–H groups in total. The second-order valence-corrected chi connectivity index (χ2v) is 6.78. The highest BCUT2D eigenvalue weighted by atomic mass is 32.2. The lowest BCUT2D eigenvalue weighted by Crippen LogP contribution is -2.41. The van der Waals surface area contributed by atoms with E-state index in [0.29, 0.717) is 5.52 Å². The van der Waals surface area contributed by atoms with Gasteiger partial charge in [0, 0.05) is 13.1 Å². The number of carbonyl (C=O) groups is 1. The maximum Gasteiger partial charge on any atom is 0.419 e. The van der Waals surface area contributed by atoms with Crippen molar-refractivity contribution in [1.29, 1.82) is 0 Å². The number of hydrogen-bond acceptors (Lipinski definition) is 5. The number of rotatable bonds is 4. The number of aryl methyl sites for hydroxylation is 1. The quantitative estimate of drug-likeness (QED) is 0.667. The van der Waals surface area contributed by atoms with Gasteiger partial charge in [0.1, 0.15) is 5.82 Å². The monoisotopic (exact) mass is 365 g/mol. The molecule has 1 aromatic heterocycles. The van der Waals surface area contributed by atoms with Crippen molar-refractivity contribution >= 4 is 27.0 Å². The average Bonchev–Trinajstić information content (AvgIpc) is 2.87. The molecule has 0 saturated carbocycles. The minimum absolute atomic E-state index is 0.0794. The number of sulfonamides is 1. The van der Waals surface area contributed by atoms with E-state index < -0.39 is 27.5 Å². The van der Waals surface area contributed by atoms with Crippen molar-refractivity contribution in [3.05, 3.63) is 64.4 Å². The number of benzene rings is 2. The molecule has 0 saturated heterocycles. The zero-order chi connectivity index (χ0) is 18.2. The fourth-order valence-corrected chi connectivity index (χ4v) is 3.02. The number of oxazole rings is 1. The first-order valence-electron chi connectivity index (χ1n) is 6.96. The van der Waals surface area contributed by atoms with E-state index in [-0.39, 0.29) is 16.0 Å². The molecular formula is C15H12FN3O5S. The van der Waals surface area contributed by atoms with E-state index in [1.807, 2.05) is 10.3 Å². The number of nitrogens with zero attached hydrogens (tertiary/aromatic N) is 1. The Morgan fingerprint density at radius 1 is 1.20 bits per heavy atom. The van der Waals surface area contributed by atoms with Gasteiger partial charge in [0.2, 0.25) is 0 Å². The van der Waals surface area contributed by atoms with Crippen LogP contribution >= 0.6 is 0 Å². The van der Waals surface area contributed by atoms with Crippen molar-refractivity contribution in [1.82, 2.24) is 14.8 Å². The molecule has 0 fully saturated rings. The smallest absolute Gasteiger partial charge is 0.408 e. The molecule has 0 aliphatic carbocycles. The molecule has 130 valence electrons. The molecule has 3 rings (SSSR count). The number of amides is 1.